The first-order valence-electron chi connectivity index (χ1n) is 7.37. The summed E-state index contributed by atoms with van der Waals surface area (Å²) in [7, 11) is 1.60. The van der Waals surface area contributed by atoms with Crippen LogP contribution >= 0.6 is 0 Å². The second-order valence-electron chi connectivity index (χ2n) is 4.54. The average molecular weight is 295 g/mol. The molecule has 1 atom stereocenters. The van der Waals surface area contributed by atoms with Gasteiger partial charge in [-0.25, -0.2) is 0 Å². The number of ether oxygens (including phenoxy) is 3. The van der Waals surface area contributed by atoms with Crippen LogP contribution in [-0.4, -0.2) is 38.9 Å². The summed E-state index contributed by atoms with van der Waals surface area (Å²) in [5.41, 5.74) is 0. The third kappa shape index (κ3) is 6.49. The number of methoxy groups -OCH3 is 1. The van der Waals surface area contributed by atoms with Gasteiger partial charge in [0.1, 0.15) is 11.5 Å². The number of benzene rings is 1. The molecule has 0 saturated heterocycles. The number of carbonyl (C=O) groups is 1. The molecule has 0 radical (unpaired) electrons. The predicted molar refractivity (Wildman–Crippen MR) is 81.8 cm³/mol. The predicted octanol–water partition coefficient (Wildman–Crippen LogP) is 2.40. The van der Waals surface area contributed by atoms with E-state index >= 15 is 0 Å². The lowest BCUT2D eigenvalue weighted by atomic mass is 10.2. The summed E-state index contributed by atoms with van der Waals surface area (Å²) in [6.07, 6.45) is 0.910. The van der Waals surface area contributed by atoms with Crippen LogP contribution in [0.2, 0.25) is 0 Å². The van der Waals surface area contributed by atoms with Gasteiger partial charge in [0.25, 0.3) is 5.91 Å². The molecule has 0 bridgehead atoms. The highest BCUT2D eigenvalue weighted by Gasteiger charge is 2.17. The van der Waals surface area contributed by atoms with Gasteiger partial charge in [0.2, 0.25) is 0 Å². The van der Waals surface area contributed by atoms with E-state index in [1.165, 1.54) is 0 Å². The van der Waals surface area contributed by atoms with Crippen molar-refractivity contribution in [3.05, 3.63) is 24.3 Å². The van der Waals surface area contributed by atoms with Gasteiger partial charge >= 0.3 is 0 Å². The van der Waals surface area contributed by atoms with Crippen LogP contribution in [0.5, 0.6) is 11.5 Å². The van der Waals surface area contributed by atoms with Gasteiger partial charge in [-0.05, 0) is 31.9 Å². The largest absolute Gasteiger partial charge is 0.497 e. The Balaban J connectivity index is 2.43. The summed E-state index contributed by atoms with van der Waals surface area (Å²) in [5, 5.41) is 2.87. The Morgan fingerprint density at radius 3 is 2.71 bits per heavy atom. The average Bonchev–Trinajstić information content (AvgIpc) is 2.52. The molecule has 1 N–H and O–H groups in total. The maximum absolute atomic E-state index is 12.1. The molecular weight excluding hydrogens is 270 g/mol. The van der Waals surface area contributed by atoms with Crippen LogP contribution in [0.15, 0.2) is 24.3 Å². The second-order valence-corrected chi connectivity index (χ2v) is 4.54. The molecule has 5 nitrogen and oxygen atoms in total. The van der Waals surface area contributed by atoms with E-state index in [4.69, 9.17) is 14.2 Å². The SMILES string of the molecule is CCOCCCNC(=O)C(CC)Oc1cccc(OC)c1. The van der Waals surface area contributed by atoms with Gasteiger partial charge < -0.3 is 19.5 Å². The van der Waals surface area contributed by atoms with E-state index in [9.17, 15) is 4.79 Å². The molecule has 1 unspecified atom stereocenters. The van der Waals surface area contributed by atoms with Crippen molar-refractivity contribution in [1.82, 2.24) is 5.32 Å². The van der Waals surface area contributed by atoms with Gasteiger partial charge in [-0.1, -0.05) is 13.0 Å². The van der Waals surface area contributed by atoms with E-state index in [-0.39, 0.29) is 5.91 Å². The van der Waals surface area contributed by atoms with Crippen molar-refractivity contribution in [2.45, 2.75) is 32.8 Å². The van der Waals surface area contributed by atoms with Gasteiger partial charge in [-0.3, -0.25) is 4.79 Å². The first-order valence-corrected chi connectivity index (χ1v) is 7.37. The normalized spacial score (nSPS) is 11.8. The third-order valence-electron chi connectivity index (χ3n) is 2.95. The van der Waals surface area contributed by atoms with Crippen LogP contribution in [0.25, 0.3) is 0 Å². The smallest absolute Gasteiger partial charge is 0.261 e. The van der Waals surface area contributed by atoms with Gasteiger partial charge in [0, 0.05) is 25.8 Å². The van der Waals surface area contributed by atoms with Crippen LogP contribution in [0.3, 0.4) is 0 Å². The molecule has 0 fully saturated rings. The fourth-order valence-corrected chi connectivity index (χ4v) is 1.81. The van der Waals surface area contributed by atoms with E-state index in [1.54, 1.807) is 13.2 Å². The van der Waals surface area contributed by atoms with Gasteiger partial charge in [0.15, 0.2) is 6.10 Å². The minimum absolute atomic E-state index is 0.100. The number of hydrogen-bond acceptors (Lipinski definition) is 4. The molecule has 0 aliphatic rings. The summed E-state index contributed by atoms with van der Waals surface area (Å²) >= 11 is 0. The molecule has 1 aromatic rings. The number of hydrogen-bond donors (Lipinski definition) is 1. The van der Waals surface area contributed by atoms with E-state index < -0.39 is 6.10 Å². The highest BCUT2D eigenvalue weighted by Crippen LogP contribution is 2.20. The van der Waals surface area contributed by atoms with E-state index in [1.807, 2.05) is 32.0 Å². The zero-order valence-electron chi connectivity index (χ0n) is 13.1. The van der Waals surface area contributed by atoms with E-state index in [0.29, 0.717) is 37.7 Å². The Kier molecular flexibility index (Phi) is 8.28. The lowest BCUT2D eigenvalue weighted by molar-refractivity contribution is -0.128. The molecule has 0 heterocycles. The summed E-state index contributed by atoms with van der Waals surface area (Å²) in [4.78, 5) is 12.1. The maximum atomic E-state index is 12.1. The van der Waals surface area contributed by atoms with Crippen molar-refractivity contribution in [3.8, 4) is 11.5 Å². The highest BCUT2D eigenvalue weighted by atomic mass is 16.5. The fraction of sp³-hybridized carbons (Fsp3) is 0.562. The van der Waals surface area contributed by atoms with Crippen molar-refractivity contribution in [3.63, 3.8) is 0 Å². The Bertz CT molecular complexity index is 422. The topological polar surface area (TPSA) is 56.8 Å². The Morgan fingerprint density at radius 2 is 2.05 bits per heavy atom. The zero-order valence-corrected chi connectivity index (χ0v) is 13.1. The molecule has 1 amide bonds. The first-order chi connectivity index (χ1) is 10.2. The van der Waals surface area contributed by atoms with Gasteiger partial charge in [-0.15, -0.1) is 0 Å². The monoisotopic (exact) mass is 295 g/mol. The molecular formula is C16H25NO4. The Hall–Kier alpha value is -1.75. The summed E-state index contributed by atoms with van der Waals surface area (Å²) < 4.78 is 16.1. The fourth-order valence-electron chi connectivity index (χ4n) is 1.81. The number of rotatable bonds is 10. The van der Waals surface area contributed by atoms with Crippen molar-refractivity contribution in [2.75, 3.05) is 26.9 Å². The molecule has 0 saturated carbocycles. The van der Waals surface area contributed by atoms with Crippen LogP contribution < -0.4 is 14.8 Å². The minimum Gasteiger partial charge on any atom is -0.497 e. The van der Waals surface area contributed by atoms with Crippen molar-refractivity contribution < 1.29 is 19.0 Å². The van der Waals surface area contributed by atoms with Gasteiger partial charge in [-0.2, -0.15) is 0 Å². The van der Waals surface area contributed by atoms with Gasteiger partial charge in [0.05, 0.1) is 7.11 Å². The molecule has 0 aromatic heterocycles. The van der Waals surface area contributed by atoms with Crippen LogP contribution in [0.1, 0.15) is 26.7 Å². The Labute approximate surface area is 126 Å². The van der Waals surface area contributed by atoms with E-state index in [2.05, 4.69) is 5.32 Å². The third-order valence-corrected chi connectivity index (χ3v) is 2.95. The van der Waals surface area contributed by atoms with Crippen molar-refractivity contribution in [1.29, 1.82) is 0 Å². The summed E-state index contributed by atoms with van der Waals surface area (Å²) in [6, 6.07) is 7.25. The molecule has 0 aliphatic carbocycles. The highest BCUT2D eigenvalue weighted by molar-refractivity contribution is 5.81. The molecule has 21 heavy (non-hydrogen) atoms. The second kappa shape index (κ2) is 10.0. The number of nitrogens with one attached hydrogen (secondary N) is 1. The number of amides is 1. The molecule has 118 valence electrons. The van der Waals surface area contributed by atoms with Crippen LogP contribution in [0, 0.1) is 0 Å². The summed E-state index contributed by atoms with van der Waals surface area (Å²) in [6.45, 7) is 5.82. The standard InChI is InChI=1S/C16H25NO4/c1-4-15(16(18)17-10-7-11-20-5-2)21-14-9-6-8-13(12-14)19-3/h6,8-9,12,15H,4-5,7,10-11H2,1-3H3,(H,17,18). The maximum Gasteiger partial charge on any atom is 0.261 e. The molecule has 0 aliphatic heterocycles. The van der Waals surface area contributed by atoms with Crippen molar-refractivity contribution in [2.24, 2.45) is 0 Å². The van der Waals surface area contributed by atoms with Crippen molar-refractivity contribution >= 4 is 5.91 Å². The van der Waals surface area contributed by atoms with Crippen LogP contribution in [-0.2, 0) is 9.53 Å². The lowest BCUT2D eigenvalue weighted by Gasteiger charge is -2.17. The quantitative estimate of drug-likeness (QED) is 0.673. The molecule has 1 rings (SSSR count). The number of carbonyl (C=O) groups excluding carboxylic acids is 1. The lowest BCUT2D eigenvalue weighted by Crippen LogP contribution is -2.38. The summed E-state index contributed by atoms with van der Waals surface area (Å²) in [5.74, 6) is 1.24. The van der Waals surface area contributed by atoms with Crippen LogP contribution in [0.4, 0.5) is 0 Å². The minimum atomic E-state index is -0.496. The molecule has 5 heteroatoms. The van der Waals surface area contributed by atoms with E-state index in [0.717, 1.165) is 6.42 Å². The first kappa shape index (κ1) is 17.3. The zero-order chi connectivity index (χ0) is 15.5. The molecule has 0 spiro atoms. The molecule has 1 aromatic carbocycles. The Morgan fingerprint density at radius 1 is 1.29 bits per heavy atom.